The smallest absolute Gasteiger partial charge is 0.316 e. The average molecular weight is 665 g/mol. The molecule has 3 aliphatic heterocycles. The van der Waals surface area contributed by atoms with Crippen molar-refractivity contribution in [3.05, 3.63) is 106 Å². The first-order valence-corrected chi connectivity index (χ1v) is 17.1. The molecular formula is C38H46ClFN2O5. The Kier molecular flexibility index (Phi) is 12.2. The molecule has 2 N–H and O–H groups in total. The number of hydrogen-bond acceptors (Lipinski definition) is 7. The zero-order chi connectivity index (χ0) is 33.4. The minimum atomic E-state index is -0.801. The summed E-state index contributed by atoms with van der Waals surface area (Å²) in [5.74, 6) is -1.15. The number of hydrogen-bond donors (Lipinski definition) is 2. The number of aliphatic hydroxyl groups excluding tert-OH is 1. The van der Waals surface area contributed by atoms with Crippen LogP contribution >= 0.6 is 11.6 Å². The lowest BCUT2D eigenvalue weighted by Crippen LogP contribution is -2.43. The third-order valence-electron chi connectivity index (χ3n) is 10.1. The standard InChI is InChI=1S/C21H23ClFNO2.C17H23NO3/c22-18-7-5-17(6-8-18)21(26)11-14-24(15-12-21)13-1-2-20(25)16-3-9-19(23)10-4-16;1-18-13-7-8-14(18)10-15(9-13)21-17(20)16(11-19)12-5-3-2-4-6-12/h3-10,26H,1-2,11-15H2;2-6,13-16,19H,7-11H2,1H3/t;13-,14+,15?,16?. The molecule has 0 spiro atoms. The van der Waals surface area contributed by atoms with Gasteiger partial charge in [-0.15, -0.1) is 0 Å². The van der Waals surface area contributed by atoms with Gasteiger partial charge in [0.25, 0.3) is 0 Å². The topological polar surface area (TPSA) is 90.3 Å². The van der Waals surface area contributed by atoms with Gasteiger partial charge in [-0.1, -0.05) is 54.1 Å². The van der Waals surface area contributed by atoms with Crippen LogP contribution in [0.2, 0.25) is 5.02 Å². The fourth-order valence-corrected chi connectivity index (χ4v) is 7.27. The molecule has 252 valence electrons. The molecule has 6 rings (SSSR count). The Balaban J connectivity index is 0.000000189. The molecule has 3 heterocycles. The summed E-state index contributed by atoms with van der Waals surface area (Å²) in [4.78, 5) is 29.2. The first-order valence-electron chi connectivity index (χ1n) is 16.7. The Morgan fingerprint density at radius 2 is 1.57 bits per heavy atom. The number of nitrogens with zero attached hydrogens (tertiary/aromatic N) is 2. The molecule has 3 aromatic carbocycles. The van der Waals surface area contributed by atoms with Gasteiger partial charge in [-0.05, 0) is 106 Å². The SMILES string of the molecule is CN1[C@@H]2CC[C@H]1CC(OC(=O)C(CO)c1ccccc1)C2.O=C(CCCN1CCC(O)(c2ccc(Cl)cc2)CC1)c1ccc(F)cc1. The Bertz CT molecular complexity index is 1430. The van der Waals surface area contributed by atoms with E-state index in [1.54, 1.807) is 0 Å². The number of esters is 1. The number of benzene rings is 3. The van der Waals surface area contributed by atoms with Crippen LogP contribution in [0.1, 0.15) is 78.8 Å². The lowest BCUT2D eigenvalue weighted by Gasteiger charge is -2.38. The molecule has 0 amide bonds. The predicted octanol–water partition coefficient (Wildman–Crippen LogP) is 6.36. The number of halogens is 2. The van der Waals surface area contributed by atoms with Crippen molar-refractivity contribution in [2.24, 2.45) is 0 Å². The Labute approximate surface area is 282 Å². The maximum atomic E-state index is 12.9. The summed E-state index contributed by atoms with van der Waals surface area (Å²) in [6.07, 6.45) is 6.80. The van der Waals surface area contributed by atoms with Gasteiger partial charge in [-0.25, -0.2) is 4.39 Å². The third kappa shape index (κ3) is 9.27. The molecule has 2 unspecified atom stereocenters. The van der Waals surface area contributed by atoms with Gasteiger partial charge in [0.15, 0.2) is 5.78 Å². The molecule has 3 aliphatic rings. The monoisotopic (exact) mass is 664 g/mol. The summed E-state index contributed by atoms with van der Waals surface area (Å²) in [6, 6.07) is 23.6. The van der Waals surface area contributed by atoms with Crippen molar-refractivity contribution in [2.75, 3.05) is 33.3 Å². The third-order valence-corrected chi connectivity index (χ3v) is 10.4. The quantitative estimate of drug-likeness (QED) is 0.193. The van der Waals surface area contributed by atoms with Crippen molar-refractivity contribution in [2.45, 2.75) is 81.1 Å². The van der Waals surface area contributed by atoms with E-state index in [0.29, 0.717) is 41.9 Å². The zero-order valence-electron chi connectivity index (χ0n) is 27.1. The van der Waals surface area contributed by atoms with E-state index in [2.05, 4.69) is 16.8 Å². The number of ketones is 1. The number of fused-ring (bicyclic) bond motifs is 2. The van der Waals surface area contributed by atoms with E-state index in [9.17, 15) is 24.2 Å². The highest BCUT2D eigenvalue weighted by Crippen LogP contribution is 2.36. The van der Waals surface area contributed by atoms with Gasteiger partial charge in [-0.2, -0.15) is 0 Å². The van der Waals surface area contributed by atoms with E-state index in [0.717, 1.165) is 50.0 Å². The largest absolute Gasteiger partial charge is 0.462 e. The summed E-state index contributed by atoms with van der Waals surface area (Å²) >= 11 is 5.92. The molecule has 3 saturated heterocycles. The van der Waals surface area contributed by atoms with Crippen molar-refractivity contribution in [1.29, 1.82) is 0 Å². The maximum Gasteiger partial charge on any atom is 0.316 e. The number of carbonyl (C=O) groups is 2. The van der Waals surface area contributed by atoms with Crippen LogP contribution in [0, 0.1) is 5.82 Å². The lowest BCUT2D eigenvalue weighted by atomic mass is 9.84. The highest BCUT2D eigenvalue weighted by molar-refractivity contribution is 6.30. The van der Waals surface area contributed by atoms with Crippen molar-refractivity contribution < 1.29 is 28.9 Å². The van der Waals surface area contributed by atoms with Crippen LogP contribution in [-0.2, 0) is 15.1 Å². The minimum Gasteiger partial charge on any atom is -0.462 e. The summed E-state index contributed by atoms with van der Waals surface area (Å²) < 4.78 is 18.6. The van der Waals surface area contributed by atoms with Gasteiger partial charge in [0.1, 0.15) is 17.8 Å². The van der Waals surface area contributed by atoms with Crippen molar-refractivity contribution >= 4 is 23.4 Å². The van der Waals surface area contributed by atoms with E-state index < -0.39 is 11.5 Å². The van der Waals surface area contributed by atoms with E-state index in [4.69, 9.17) is 16.3 Å². The number of piperidine rings is 2. The van der Waals surface area contributed by atoms with Crippen LogP contribution in [0.3, 0.4) is 0 Å². The van der Waals surface area contributed by atoms with Gasteiger partial charge in [0.2, 0.25) is 0 Å². The fraction of sp³-hybridized carbons (Fsp3) is 0.474. The van der Waals surface area contributed by atoms with Crippen molar-refractivity contribution in [1.82, 2.24) is 9.80 Å². The van der Waals surface area contributed by atoms with Gasteiger partial charge >= 0.3 is 5.97 Å². The van der Waals surface area contributed by atoms with Crippen LogP contribution in [-0.4, -0.2) is 83.2 Å². The Hall–Kier alpha value is -3.14. The molecule has 3 aromatic rings. The van der Waals surface area contributed by atoms with Crippen molar-refractivity contribution in [3.63, 3.8) is 0 Å². The average Bonchev–Trinajstić information content (AvgIpc) is 3.26. The number of carbonyl (C=O) groups excluding carboxylic acids is 2. The number of Topliss-reactive ketones (excluding diaryl/α,β-unsaturated/α-hetero) is 1. The molecule has 0 saturated carbocycles. The second-order valence-corrected chi connectivity index (χ2v) is 13.6. The van der Waals surface area contributed by atoms with Crippen LogP contribution < -0.4 is 0 Å². The summed E-state index contributed by atoms with van der Waals surface area (Å²) in [6.45, 7) is 2.21. The van der Waals surface area contributed by atoms with Gasteiger partial charge in [-0.3, -0.25) is 9.59 Å². The number of ether oxygens (including phenoxy) is 1. The van der Waals surface area contributed by atoms with Crippen LogP contribution in [0.4, 0.5) is 4.39 Å². The first-order chi connectivity index (χ1) is 22.6. The van der Waals surface area contributed by atoms with Crippen LogP contribution in [0.25, 0.3) is 0 Å². The van der Waals surface area contributed by atoms with E-state index >= 15 is 0 Å². The first kappa shape index (κ1) is 35.2. The van der Waals surface area contributed by atoms with E-state index in [1.807, 2.05) is 54.6 Å². The minimum absolute atomic E-state index is 0.00367. The highest BCUT2D eigenvalue weighted by Gasteiger charge is 2.40. The van der Waals surface area contributed by atoms with Crippen molar-refractivity contribution in [3.8, 4) is 0 Å². The van der Waals surface area contributed by atoms with E-state index in [-0.39, 0.29) is 30.3 Å². The number of likely N-dealkylation sites (tertiary alicyclic amines) is 1. The Morgan fingerprint density at radius 1 is 0.957 bits per heavy atom. The molecule has 2 bridgehead atoms. The molecular weight excluding hydrogens is 619 g/mol. The number of aliphatic hydroxyl groups is 2. The van der Waals surface area contributed by atoms with Crippen LogP contribution in [0.15, 0.2) is 78.9 Å². The normalized spacial score (nSPS) is 23.0. The number of rotatable bonds is 10. The van der Waals surface area contributed by atoms with Crippen LogP contribution in [0.5, 0.6) is 0 Å². The molecule has 9 heteroatoms. The Morgan fingerprint density at radius 3 is 2.17 bits per heavy atom. The highest BCUT2D eigenvalue weighted by atomic mass is 35.5. The van der Waals surface area contributed by atoms with Gasteiger partial charge in [0, 0.05) is 42.2 Å². The molecule has 0 aromatic heterocycles. The molecule has 0 aliphatic carbocycles. The molecule has 7 nitrogen and oxygen atoms in total. The summed E-state index contributed by atoms with van der Waals surface area (Å²) in [7, 11) is 2.17. The zero-order valence-corrected chi connectivity index (χ0v) is 27.8. The predicted molar refractivity (Wildman–Crippen MR) is 181 cm³/mol. The second-order valence-electron chi connectivity index (χ2n) is 13.1. The molecule has 3 fully saturated rings. The molecule has 47 heavy (non-hydrogen) atoms. The summed E-state index contributed by atoms with van der Waals surface area (Å²) in [5.41, 5.74) is 1.49. The lowest BCUT2D eigenvalue weighted by molar-refractivity contribution is -0.155. The second kappa shape index (κ2) is 16.3. The fourth-order valence-electron chi connectivity index (χ4n) is 7.14. The van der Waals surface area contributed by atoms with E-state index in [1.165, 1.54) is 37.1 Å². The van der Waals surface area contributed by atoms with Gasteiger partial charge in [0.05, 0.1) is 12.2 Å². The summed E-state index contributed by atoms with van der Waals surface area (Å²) in [5, 5.41) is 21.1. The van der Waals surface area contributed by atoms with Gasteiger partial charge < -0.3 is 24.7 Å². The molecule has 0 radical (unpaired) electrons. The maximum absolute atomic E-state index is 12.9. The molecule has 4 atom stereocenters.